The molecule has 0 rings (SSSR count). The Labute approximate surface area is 159 Å². The smallest absolute Gasteiger partial charge is 0.377 e. The topological polar surface area (TPSA) is 34.2 Å². The molecule has 0 bridgehead atoms. The highest BCUT2D eigenvalue weighted by Gasteiger charge is 2.37. The van der Waals surface area contributed by atoms with Crippen LogP contribution in [0.5, 0.6) is 0 Å². The van der Waals surface area contributed by atoms with E-state index in [4.69, 9.17) is 13.3 Å². The normalized spacial score (nSPS) is 13.2. The van der Waals surface area contributed by atoms with Crippen molar-refractivity contribution < 1.29 is 13.3 Å². The summed E-state index contributed by atoms with van der Waals surface area (Å²) in [6, 6.07) is 0.897. The summed E-state index contributed by atoms with van der Waals surface area (Å²) < 4.78 is 19.3. The zero-order valence-corrected chi connectivity index (χ0v) is 20.2. The van der Waals surface area contributed by atoms with Crippen LogP contribution in [0.2, 0.25) is 25.7 Å². The van der Waals surface area contributed by atoms with Gasteiger partial charge in [-0.25, -0.2) is 0 Å². The van der Waals surface area contributed by atoms with E-state index in [1.165, 1.54) is 52.0 Å². The summed E-state index contributed by atoms with van der Waals surface area (Å²) in [4.78, 5) is 2.62. The molecule has 0 unspecified atom stereocenters. The van der Waals surface area contributed by atoms with Gasteiger partial charge < -0.3 is 22.7 Å². The van der Waals surface area contributed by atoms with E-state index >= 15 is 0 Å². The van der Waals surface area contributed by atoms with Crippen molar-refractivity contribution in [2.75, 3.05) is 54.1 Å². The Balaban J connectivity index is 4.46. The van der Waals surface area contributed by atoms with Gasteiger partial charge in [0.2, 0.25) is 0 Å². The van der Waals surface area contributed by atoms with Gasteiger partial charge in [-0.15, -0.1) is 0 Å². The SMILES string of the molecule is CCCN(CCC)CCN(CCCC[Si](OC)(OC)OC)[Si](C)(C)C. The maximum absolute atomic E-state index is 5.53. The molecule has 5 nitrogen and oxygen atoms in total. The zero-order chi connectivity index (χ0) is 19.3. The highest BCUT2D eigenvalue weighted by atomic mass is 28.4. The minimum Gasteiger partial charge on any atom is -0.377 e. The Hall–Kier alpha value is 0.234. The fraction of sp³-hybridized carbons (Fsp3) is 1.00. The summed E-state index contributed by atoms with van der Waals surface area (Å²) in [5.41, 5.74) is 0. The lowest BCUT2D eigenvalue weighted by Gasteiger charge is -2.36. The minimum atomic E-state index is -2.41. The molecule has 0 aromatic rings. The summed E-state index contributed by atoms with van der Waals surface area (Å²) in [6.07, 6.45) is 4.75. The Kier molecular flexibility index (Phi) is 13.5. The number of hydrogen-bond donors (Lipinski definition) is 0. The van der Waals surface area contributed by atoms with Crippen LogP contribution in [0, 0.1) is 0 Å². The van der Waals surface area contributed by atoms with Crippen LogP contribution in [-0.4, -0.2) is 80.6 Å². The van der Waals surface area contributed by atoms with Crippen molar-refractivity contribution in [1.82, 2.24) is 9.47 Å². The van der Waals surface area contributed by atoms with E-state index in [9.17, 15) is 0 Å². The predicted octanol–water partition coefficient (Wildman–Crippen LogP) is 3.90. The second kappa shape index (κ2) is 13.4. The van der Waals surface area contributed by atoms with E-state index in [0.29, 0.717) is 0 Å². The van der Waals surface area contributed by atoms with Gasteiger partial charge in [0.05, 0.1) is 0 Å². The summed E-state index contributed by atoms with van der Waals surface area (Å²) in [5, 5.41) is 0. The monoisotopic (exact) mass is 392 g/mol. The van der Waals surface area contributed by atoms with Crippen LogP contribution in [-0.2, 0) is 13.3 Å². The molecule has 0 aliphatic heterocycles. The number of hydrogen-bond acceptors (Lipinski definition) is 5. The minimum absolute atomic E-state index is 0.897. The van der Waals surface area contributed by atoms with Gasteiger partial charge in [-0.2, -0.15) is 0 Å². The number of nitrogens with zero attached hydrogens (tertiary/aromatic N) is 2. The summed E-state index contributed by atoms with van der Waals surface area (Å²) in [6.45, 7) is 17.9. The van der Waals surface area contributed by atoms with Crippen LogP contribution in [0.3, 0.4) is 0 Å². The van der Waals surface area contributed by atoms with Gasteiger partial charge in [0, 0.05) is 40.5 Å². The van der Waals surface area contributed by atoms with Crippen LogP contribution in [0.1, 0.15) is 39.5 Å². The van der Waals surface area contributed by atoms with Gasteiger partial charge in [0.25, 0.3) is 0 Å². The summed E-state index contributed by atoms with van der Waals surface area (Å²) in [5.74, 6) is 0. The predicted molar refractivity (Wildman–Crippen MR) is 113 cm³/mol. The van der Waals surface area contributed by atoms with Gasteiger partial charge in [-0.1, -0.05) is 33.5 Å². The molecular weight excluding hydrogens is 348 g/mol. The highest BCUT2D eigenvalue weighted by molar-refractivity contribution is 6.73. The molecule has 0 heterocycles. The van der Waals surface area contributed by atoms with Crippen molar-refractivity contribution in [1.29, 1.82) is 0 Å². The van der Waals surface area contributed by atoms with Crippen molar-refractivity contribution in [2.45, 2.75) is 65.2 Å². The van der Waals surface area contributed by atoms with E-state index in [0.717, 1.165) is 12.5 Å². The van der Waals surface area contributed by atoms with Crippen molar-refractivity contribution >= 4 is 17.0 Å². The number of unbranched alkanes of at least 4 members (excludes halogenated alkanes) is 1. The molecule has 0 aliphatic carbocycles. The van der Waals surface area contributed by atoms with E-state index in [1.807, 2.05) is 0 Å². The van der Waals surface area contributed by atoms with Gasteiger partial charge >= 0.3 is 8.80 Å². The lowest BCUT2D eigenvalue weighted by atomic mass is 10.3. The molecule has 0 aliphatic rings. The Morgan fingerprint density at radius 3 is 1.60 bits per heavy atom. The Morgan fingerprint density at radius 1 is 0.680 bits per heavy atom. The standard InChI is InChI=1S/C18H44N2O3Si2/c1-9-13-19(14-10-2)16-17-20(24(6,7)8)15-11-12-18-25(21-3,22-4)23-5/h9-18H2,1-8H3. The molecule has 0 aromatic heterocycles. The molecule has 0 spiro atoms. The molecule has 0 atom stereocenters. The van der Waals surface area contributed by atoms with Crippen molar-refractivity contribution in [3.8, 4) is 0 Å². The molecule has 0 aromatic carbocycles. The molecule has 0 fully saturated rings. The van der Waals surface area contributed by atoms with Crippen molar-refractivity contribution in [3.05, 3.63) is 0 Å². The molecule has 0 saturated carbocycles. The summed E-state index contributed by atoms with van der Waals surface area (Å²) in [7, 11) is 1.39. The maximum Gasteiger partial charge on any atom is 0.500 e. The van der Waals surface area contributed by atoms with Crippen LogP contribution < -0.4 is 0 Å². The highest BCUT2D eigenvalue weighted by Crippen LogP contribution is 2.18. The second-order valence-electron chi connectivity index (χ2n) is 7.75. The average Bonchev–Trinajstić information content (AvgIpc) is 2.57. The Bertz CT molecular complexity index is 310. The maximum atomic E-state index is 5.53. The zero-order valence-electron chi connectivity index (χ0n) is 18.2. The molecule has 0 radical (unpaired) electrons. The summed E-state index contributed by atoms with van der Waals surface area (Å²) >= 11 is 0. The first-order chi connectivity index (χ1) is 11.8. The van der Waals surface area contributed by atoms with Gasteiger partial charge in [-0.05, 0) is 45.3 Å². The molecular formula is C18H44N2O3Si2. The van der Waals surface area contributed by atoms with Crippen molar-refractivity contribution in [2.24, 2.45) is 0 Å². The lowest BCUT2D eigenvalue weighted by Crippen LogP contribution is -2.50. The third-order valence-electron chi connectivity index (χ3n) is 4.81. The fourth-order valence-electron chi connectivity index (χ4n) is 3.21. The van der Waals surface area contributed by atoms with Crippen LogP contribution >= 0.6 is 0 Å². The van der Waals surface area contributed by atoms with Crippen LogP contribution in [0.4, 0.5) is 0 Å². The number of rotatable bonds is 16. The second-order valence-corrected chi connectivity index (χ2v) is 15.8. The van der Waals surface area contributed by atoms with E-state index in [-0.39, 0.29) is 0 Å². The van der Waals surface area contributed by atoms with Gasteiger partial charge in [0.1, 0.15) is 8.24 Å². The largest absolute Gasteiger partial charge is 0.500 e. The molecule has 0 amide bonds. The molecule has 0 N–H and O–H groups in total. The average molecular weight is 393 g/mol. The third-order valence-corrected chi connectivity index (χ3v) is 9.99. The molecule has 0 saturated heterocycles. The van der Waals surface area contributed by atoms with Crippen LogP contribution in [0.25, 0.3) is 0 Å². The lowest BCUT2D eigenvalue weighted by molar-refractivity contribution is 0.122. The van der Waals surface area contributed by atoms with E-state index < -0.39 is 17.0 Å². The fourth-order valence-corrected chi connectivity index (χ4v) is 6.61. The molecule has 7 heteroatoms. The first-order valence-corrected chi connectivity index (χ1v) is 15.3. The quantitative estimate of drug-likeness (QED) is 0.294. The van der Waals surface area contributed by atoms with E-state index in [2.05, 4.69) is 43.0 Å². The molecule has 152 valence electrons. The van der Waals surface area contributed by atoms with E-state index in [1.54, 1.807) is 21.3 Å². The first-order valence-electron chi connectivity index (χ1n) is 9.91. The first kappa shape index (κ1) is 25.2. The Morgan fingerprint density at radius 2 is 1.20 bits per heavy atom. The third kappa shape index (κ3) is 10.2. The van der Waals surface area contributed by atoms with Crippen LogP contribution in [0.15, 0.2) is 0 Å². The van der Waals surface area contributed by atoms with Gasteiger partial charge in [-0.3, -0.25) is 0 Å². The molecule has 25 heavy (non-hydrogen) atoms. The van der Waals surface area contributed by atoms with Crippen molar-refractivity contribution in [3.63, 3.8) is 0 Å². The van der Waals surface area contributed by atoms with Gasteiger partial charge in [0.15, 0.2) is 0 Å².